The highest BCUT2D eigenvalue weighted by molar-refractivity contribution is 7.80. The van der Waals surface area contributed by atoms with E-state index in [2.05, 4.69) is 5.10 Å². The molecule has 3 atom stereocenters. The first kappa shape index (κ1) is 29.0. The molecule has 0 unspecified atom stereocenters. The van der Waals surface area contributed by atoms with Gasteiger partial charge in [0.25, 0.3) is 11.8 Å². The zero-order chi connectivity index (χ0) is 29.9. The van der Waals surface area contributed by atoms with E-state index in [0.717, 1.165) is 28.6 Å². The second-order valence-electron chi connectivity index (χ2n) is 10.6. The molecule has 2 aliphatic rings. The van der Waals surface area contributed by atoms with E-state index in [1.807, 2.05) is 0 Å². The Kier molecular flexibility index (Phi) is 7.16. The number of imide groups is 1. The number of likely N-dealkylation sites (tertiary alicyclic amines) is 1. The molecule has 2 aliphatic heterocycles. The van der Waals surface area contributed by atoms with Gasteiger partial charge in [0, 0.05) is 12.6 Å². The summed E-state index contributed by atoms with van der Waals surface area (Å²) in [5, 5.41) is 4.21. The van der Waals surface area contributed by atoms with Crippen molar-refractivity contribution in [3.8, 4) is 0 Å². The molecule has 0 radical (unpaired) electrons. The molecule has 4 rings (SSSR count). The zero-order valence-electron chi connectivity index (χ0n) is 23.1. The number of anilines is 1. The Morgan fingerprint density at radius 2 is 1.80 bits per heavy atom. The molecule has 11 nitrogen and oxygen atoms in total. The summed E-state index contributed by atoms with van der Waals surface area (Å²) in [5.41, 5.74) is -2.60. The van der Waals surface area contributed by atoms with E-state index in [1.54, 1.807) is 40.7 Å². The van der Waals surface area contributed by atoms with Crippen molar-refractivity contribution in [2.75, 3.05) is 11.5 Å². The topological polar surface area (TPSA) is 128 Å². The van der Waals surface area contributed by atoms with Gasteiger partial charge in [-0.05, 0) is 65.3 Å². The second kappa shape index (κ2) is 9.88. The lowest BCUT2D eigenvalue weighted by Gasteiger charge is -2.28. The highest BCUT2D eigenvalue weighted by Gasteiger charge is 2.73. The molecule has 40 heavy (non-hydrogen) atoms. The third-order valence-electron chi connectivity index (χ3n) is 6.70. The van der Waals surface area contributed by atoms with Gasteiger partial charge in [-0.3, -0.25) is 24.1 Å². The first-order valence-corrected chi connectivity index (χ1v) is 12.9. The number of rotatable bonds is 3. The fourth-order valence-electron chi connectivity index (χ4n) is 5.35. The van der Waals surface area contributed by atoms with Gasteiger partial charge in [0.2, 0.25) is 5.91 Å². The average Bonchev–Trinajstić information content (AvgIpc) is 3.40. The van der Waals surface area contributed by atoms with Gasteiger partial charge in [-0.15, -0.1) is 0 Å². The summed E-state index contributed by atoms with van der Waals surface area (Å²) >= 11 is 5.75. The van der Waals surface area contributed by atoms with E-state index in [9.17, 15) is 28.4 Å². The van der Waals surface area contributed by atoms with Crippen LogP contribution in [0.25, 0.3) is 0 Å². The van der Waals surface area contributed by atoms with Gasteiger partial charge in [-0.2, -0.15) is 5.10 Å². The second-order valence-corrected chi connectivity index (χ2v) is 11.0. The number of hydrogen-bond acceptors (Lipinski definition) is 9. The normalized spacial score (nSPS) is 22.1. The summed E-state index contributed by atoms with van der Waals surface area (Å²) in [6, 6.07) is 3.08. The summed E-state index contributed by atoms with van der Waals surface area (Å²) in [7, 11) is 0. The van der Waals surface area contributed by atoms with Crippen molar-refractivity contribution in [3.05, 3.63) is 47.0 Å². The molecule has 1 fully saturated rings. The van der Waals surface area contributed by atoms with Crippen LogP contribution in [0.15, 0.2) is 24.3 Å². The number of amides is 3. The van der Waals surface area contributed by atoms with Crippen molar-refractivity contribution < 1.29 is 37.8 Å². The van der Waals surface area contributed by atoms with Crippen molar-refractivity contribution in [3.63, 3.8) is 0 Å². The molecule has 1 saturated heterocycles. The molecule has 1 spiro atoms. The SMILES string of the molecule is CCOC(=O)[C@@H]1[C@@H](C(=O)n2nc(C)cc2C)N(C(=O)OC(C)(C)C)C(=S)[C@]12C(=O)N(C(C)=O)c1cc(F)ccc12. The summed E-state index contributed by atoms with van der Waals surface area (Å²) in [6.07, 6.45) is -1.10. The number of nitrogens with zero attached hydrogens (tertiary/aromatic N) is 4. The zero-order valence-corrected chi connectivity index (χ0v) is 23.9. The molecular weight excluding hydrogens is 543 g/mol. The lowest BCUT2D eigenvalue weighted by atomic mass is 9.70. The Morgan fingerprint density at radius 3 is 2.33 bits per heavy atom. The lowest BCUT2D eigenvalue weighted by Crippen LogP contribution is -2.53. The monoisotopic (exact) mass is 572 g/mol. The summed E-state index contributed by atoms with van der Waals surface area (Å²) in [4.78, 5) is 69.6. The maximum absolute atomic E-state index is 14.4. The van der Waals surface area contributed by atoms with Gasteiger partial charge in [0.15, 0.2) is 0 Å². The quantitative estimate of drug-likeness (QED) is 0.402. The van der Waals surface area contributed by atoms with Crippen LogP contribution in [-0.2, 0) is 29.3 Å². The largest absolute Gasteiger partial charge is 0.466 e. The Labute approximate surface area is 235 Å². The van der Waals surface area contributed by atoms with Crippen molar-refractivity contribution >= 4 is 52.7 Å². The first-order valence-electron chi connectivity index (χ1n) is 12.5. The molecule has 1 aromatic carbocycles. The summed E-state index contributed by atoms with van der Waals surface area (Å²) in [5.74, 6) is -6.19. The summed E-state index contributed by atoms with van der Waals surface area (Å²) < 4.78 is 26.3. The molecule has 0 aliphatic carbocycles. The van der Waals surface area contributed by atoms with Gasteiger partial charge in [-0.25, -0.2) is 18.8 Å². The van der Waals surface area contributed by atoms with Crippen LogP contribution in [0.5, 0.6) is 0 Å². The number of hydrogen-bond donors (Lipinski definition) is 0. The van der Waals surface area contributed by atoms with E-state index in [-0.39, 0.29) is 17.9 Å². The number of carbonyl (C=O) groups excluding carboxylic acids is 5. The fourth-order valence-corrected chi connectivity index (χ4v) is 5.87. The van der Waals surface area contributed by atoms with E-state index in [1.165, 1.54) is 13.0 Å². The van der Waals surface area contributed by atoms with Gasteiger partial charge < -0.3 is 9.47 Å². The van der Waals surface area contributed by atoms with Crippen molar-refractivity contribution in [2.45, 2.75) is 65.5 Å². The number of fused-ring (bicyclic) bond motifs is 2. The number of benzene rings is 1. The standard InChI is InChI=1S/C27H29FN4O7S/c1-8-38-22(35)19-20(21(34)32-14(3)11-13(2)29-32)31(25(37)39-26(5,6)7)24(40)27(19)17-10-9-16(28)12-18(17)30(15(4)33)23(27)36/h9-12,19-20H,8H2,1-7H3/t19-,20-,27-/m0/s1. The van der Waals surface area contributed by atoms with E-state index >= 15 is 0 Å². The highest BCUT2D eigenvalue weighted by atomic mass is 32.1. The molecule has 212 valence electrons. The Balaban J connectivity index is 2.08. The molecule has 3 amide bonds. The smallest absolute Gasteiger partial charge is 0.416 e. The van der Waals surface area contributed by atoms with Gasteiger partial charge in [0.05, 0.1) is 18.0 Å². The first-order chi connectivity index (χ1) is 18.6. The van der Waals surface area contributed by atoms with Crippen molar-refractivity contribution in [2.24, 2.45) is 5.92 Å². The van der Waals surface area contributed by atoms with Crippen LogP contribution in [-0.4, -0.2) is 67.7 Å². The number of aryl methyl sites for hydroxylation is 2. The molecule has 13 heteroatoms. The maximum atomic E-state index is 14.4. The number of aromatic nitrogens is 2. The van der Waals surface area contributed by atoms with E-state index in [4.69, 9.17) is 21.7 Å². The molecule has 1 aromatic heterocycles. The number of thiocarbonyl (C=S) groups is 1. The van der Waals surface area contributed by atoms with Crippen LogP contribution in [0.1, 0.15) is 56.4 Å². The Bertz CT molecular complexity index is 1480. The minimum atomic E-state index is -2.25. The number of halogens is 1. The van der Waals surface area contributed by atoms with Crippen LogP contribution in [0, 0.1) is 25.6 Å². The number of esters is 1. The molecule has 0 saturated carbocycles. The van der Waals surface area contributed by atoms with Gasteiger partial charge in [0.1, 0.15) is 33.8 Å². The van der Waals surface area contributed by atoms with Crippen molar-refractivity contribution in [1.82, 2.24) is 14.7 Å². The third-order valence-corrected chi connectivity index (χ3v) is 7.22. The van der Waals surface area contributed by atoms with Crippen LogP contribution in [0.4, 0.5) is 14.9 Å². The van der Waals surface area contributed by atoms with Gasteiger partial charge >= 0.3 is 12.1 Å². The minimum absolute atomic E-state index is 0.0191. The highest BCUT2D eigenvalue weighted by Crippen LogP contribution is 2.55. The maximum Gasteiger partial charge on any atom is 0.416 e. The van der Waals surface area contributed by atoms with Crippen LogP contribution >= 0.6 is 12.2 Å². The van der Waals surface area contributed by atoms with Gasteiger partial charge in [-0.1, -0.05) is 18.3 Å². The summed E-state index contributed by atoms with van der Waals surface area (Å²) in [6.45, 7) is 10.5. The van der Waals surface area contributed by atoms with Crippen molar-refractivity contribution in [1.29, 1.82) is 0 Å². The number of ether oxygens (including phenoxy) is 2. The molecule has 3 heterocycles. The molecule has 2 aromatic rings. The van der Waals surface area contributed by atoms with Crippen LogP contribution in [0.3, 0.4) is 0 Å². The molecule has 0 N–H and O–H groups in total. The minimum Gasteiger partial charge on any atom is -0.466 e. The van der Waals surface area contributed by atoms with Crippen LogP contribution < -0.4 is 4.90 Å². The Morgan fingerprint density at radius 1 is 1.15 bits per heavy atom. The molecule has 0 bridgehead atoms. The predicted molar refractivity (Wildman–Crippen MR) is 143 cm³/mol. The Hall–Kier alpha value is -4.00. The average molecular weight is 573 g/mol. The third kappa shape index (κ3) is 4.28. The van der Waals surface area contributed by atoms with E-state index < -0.39 is 63.6 Å². The molecular formula is C27H29FN4O7S. The fraction of sp³-hybridized carbons (Fsp3) is 0.444. The number of carbonyl (C=O) groups is 5. The van der Waals surface area contributed by atoms with Crippen LogP contribution in [0.2, 0.25) is 0 Å². The lowest BCUT2D eigenvalue weighted by molar-refractivity contribution is -0.152. The predicted octanol–water partition coefficient (Wildman–Crippen LogP) is 3.24. The van der Waals surface area contributed by atoms with E-state index in [0.29, 0.717) is 16.3 Å².